The first-order valence-electron chi connectivity index (χ1n) is 6.82. The number of piperidine rings is 1. The van der Waals surface area contributed by atoms with E-state index in [1.54, 1.807) is 0 Å². The highest BCUT2D eigenvalue weighted by molar-refractivity contribution is 7.91. The number of hydrogen-bond donors (Lipinski definition) is 1. The van der Waals surface area contributed by atoms with Crippen LogP contribution in [0.2, 0.25) is 0 Å². The van der Waals surface area contributed by atoms with Crippen LogP contribution in [0.25, 0.3) is 0 Å². The molecule has 0 aliphatic carbocycles. The summed E-state index contributed by atoms with van der Waals surface area (Å²) in [5, 5.41) is 8.74. The third-order valence-corrected chi connectivity index (χ3v) is 7.12. The van der Waals surface area contributed by atoms with Crippen molar-refractivity contribution in [2.45, 2.75) is 29.1 Å². The van der Waals surface area contributed by atoms with E-state index in [0.717, 1.165) is 19.3 Å². The number of aliphatic hydroxyl groups is 1. The van der Waals surface area contributed by atoms with E-state index in [4.69, 9.17) is 5.11 Å². The van der Waals surface area contributed by atoms with E-state index in [2.05, 4.69) is 0 Å². The summed E-state index contributed by atoms with van der Waals surface area (Å²) >= 11 is 0. The van der Waals surface area contributed by atoms with E-state index in [0.29, 0.717) is 13.1 Å². The number of rotatable bonds is 5. The van der Waals surface area contributed by atoms with Crippen LogP contribution in [0.15, 0.2) is 34.1 Å². The van der Waals surface area contributed by atoms with Gasteiger partial charge in [-0.1, -0.05) is 6.42 Å². The summed E-state index contributed by atoms with van der Waals surface area (Å²) < 4.78 is 49.8. The van der Waals surface area contributed by atoms with Crippen molar-refractivity contribution in [1.82, 2.24) is 4.31 Å². The lowest BCUT2D eigenvalue weighted by atomic mass is 10.2. The number of sulfonamides is 1. The Morgan fingerprint density at radius 3 is 1.95 bits per heavy atom. The van der Waals surface area contributed by atoms with Gasteiger partial charge in [-0.3, -0.25) is 0 Å². The molecule has 1 aliphatic rings. The van der Waals surface area contributed by atoms with Crippen molar-refractivity contribution >= 4 is 19.9 Å². The van der Waals surface area contributed by atoms with E-state index >= 15 is 0 Å². The van der Waals surface area contributed by atoms with Crippen LogP contribution in [0.5, 0.6) is 0 Å². The van der Waals surface area contributed by atoms with Crippen LogP contribution in [0.4, 0.5) is 0 Å². The average Bonchev–Trinajstić information content (AvgIpc) is 2.48. The first-order valence-corrected chi connectivity index (χ1v) is 9.91. The zero-order valence-corrected chi connectivity index (χ0v) is 13.2. The molecule has 1 aromatic rings. The molecule has 0 bridgehead atoms. The van der Waals surface area contributed by atoms with Crippen molar-refractivity contribution in [3.8, 4) is 0 Å². The highest BCUT2D eigenvalue weighted by Crippen LogP contribution is 2.22. The molecule has 1 fully saturated rings. The summed E-state index contributed by atoms with van der Waals surface area (Å²) in [5.41, 5.74) is 0. The number of hydrogen-bond acceptors (Lipinski definition) is 5. The number of benzene rings is 1. The van der Waals surface area contributed by atoms with Gasteiger partial charge in [0.1, 0.15) is 0 Å². The average molecular weight is 333 g/mol. The maximum Gasteiger partial charge on any atom is 0.243 e. The fraction of sp³-hybridized carbons (Fsp3) is 0.538. The highest BCUT2D eigenvalue weighted by Gasteiger charge is 2.26. The molecule has 21 heavy (non-hydrogen) atoms. The van der Waals surface area contributed by atoms with Crippen molar-refractivity contribution in [3.63, 3.8) is 0 Å². The maximum atomic E-state index is 12.4. The minimum absolute atomic E-state index is 0.0224. The minimum Gasteiger partial charge on any atom is -0.395 e. The van der Waals surface area contributed by atoms with E-state index in [1.165, 1.54) is 28.6 Å². The van der Waals surface area contributed by atoms with Gasteiger partial charge in [0.2, 0.25) is 10.0 Å². The molecule has 1 saturated heterocycles. The summed E-state index contributed by atoms with van der Waals surface area (Å²) in [6, 6.07) is 5.19. The largest absolute Gasteiger partial charge is 0.395 e. The number of nitrogens with zero attached hydrogens (tertiary/aromatic N) is 1. The van der Waals surface area contributed by atoms with E-state index in [1.807, 2.05) is 0 Å². The normalized spacial score (nSPS) is 17.8. The molecule has 0 unspecified atom stereocenters. The molecule has 0 spiro atoms. The van der Waals surface area contributed by atoms with Crippen LogP contribution < -0.4 is 0 Å². The smallest absolute Gasteiger partial charge is 0.243 e. The Labute approximate surface area is 125 Å². The molecule has 0 amide bonds. The molecule has 0 aromatic heterocycles. The molecule has 1 aromatic carbocycles. The molecule has 0 saturated carbocycles. The molecule has 8 heteroatoms. The van der Waals surface area contributed by atoms with Gasteiger partial charge in [0, 0.05) is 13.1 Å². The Morgan fingerprint density at radius 1 is 0.905 bits per heavy atom. The second-order valence-electron chi connectivity index (χ2n) is 4.98. The molecule has 0 atom stereocenters. The summed E-state index contributed by atoms with van der Waals surface area (Å²) in [5.74, 6) is -0.370. The van der Waals surface area contributed by atoms with Gasteiger partial charge in [0.25, 0.3) is 0 Å². The van der Waals surface area contributed by atoms with Crippen LogP contribution in [0.1, 0.15) is 19.3 Å². The summed E-state index contributed by atoms with van der Waals surface area (Å²) in [4.78, 5) is 0.126. The predicted octanol–water partition coefficient (Wildman–Crippen LogP) is 0.627. The minimum atomic E-state index is -3.56. The van der Waals surface area contributed by atoms with Crippen LogP contribution in [-0.2, 0) is 19.9 Å². The molecule has 1 N–H and O–H groups in total. The molecule has 118 valence electrons. The van der Waals surface area contributed by atoms with Gasteiger partial charge in [0.15, 0.2) is 9.84 Å². The zero-order chi connectivity index (χ0) is 15.5. The Bertz CT molecular complexity index is 674. The third kappa shape index (κ3) is 3.63. The first-order chi connectivity index (χ1) is 9.88. The van der Waals surface area contributed by atoms with Crippen molar-refractivity contribution in [1.29, 1.82) is 0 Å². The van der Waals surface area contributed by atoms with Crippen molar-refractivity contribution < 1.29 is 21.9 Å². The second kappa shape index (κ2) is 6.43. The molecular formula is C13H19NO5S2. The molecule has 1 heterocycles. The zero-order valence-electron chi connectivity index (χ0n) is 11.6. The van der Waals surface area contributed by atoms with Crippen LogP contribution in [0, 0.1) is 0 Å². The van der Waals surface area contributed by atoms with Gasteiger partial charge in [0.05, 0.1) is 22.2 Å². The van der Waals surface area contributed by atoms with E-state index in [-0.39, 0.29) is 15.5 Å². The van der Waals surface area contributed by atoms with E-state index in [9.17, 15) is 16.8 Å². The van der Waals surface area contributed by atoms with Gasteiger partial charge >= 0.3 is 0 Å². The van der Waals surface area contributed by atoms with Crippen molar-refractivity contribution in [2.75, 3.05) is 25.4 Å². The van der Waals surface area contributed by atoms with Gasteiger partial charge in [-0.15, -0.1) is 0 Å². The lowest BCUT2D eigenvalue weighted by Crippen LogP contribution is -2.35. The third-order valence-electron chi connectivity index (χ3n) is 3.50. The Kier molecular flexibility index (Phi) is 5.03. The Morgan fingerprint density at radius 2 is 1.43 bits per heavy atom. The summed E-state index contributed by atoms with van der Waals surface area (Å²) in [6.07, 6.45) is 2.73. The van der Waals surface area contributed by atoms with Gasteiger partial charge < -0.3 is 5.11 Å². The quantitative estimate of drug-likeness (QED) is 0.853. The highest BCUT2D eigenvalue weighted by atomic mass is 32.2. The Hall–Kier alpha value is -0.960. The molecule has 6 nitrogen and oxygen atoms in total. The lowest BCUT2D eigenvalue weighted by molar-refractivity contribution is 0.319. The van der Waals surface area contributed by atoms with Crippen LogP contribution >= 0.6 is 0 Å². The van der Waals surface area contributed by atoms with Crippen molar-refractivity contribution in [3.05, 3.63) is 24.3 Å². The lowest BCUT2D eigenvalue weighted by Gasteiger charge is -2.25. The fourth-order valence-electron chi connectivity index (χ4n) is 2.31. The van der Waals surface area contributed by atoms with Crippen molar-refractivity contribution in [2.24, 2.45) is 0 Å². The second-order valence-corrected chi connectivity index (χ2v) is 9.03. The molecule has 0 radical (unpaired) electrons. The SMILES string of the molecule is O=S(=O)(CCO)c1ccc(S(=O)(=O)N2CCCCC2)cc1. The number of aliphatic hydroxyl groups excluding tert-OH is 1. The predicted molar refractivity (Wildman–Crippen MR) is 78.2 cm³/mol. The fourth-order valence-corrected chi connectivity index (χ4v) is 4.86. The number of sulfone groups is 1. The monoisotopic (exact) mass is 333 g/mol. The standard InChI is InChI=1S/C13H19NO5S2/c15-10-11-20(16,17)12-4-6-13(7-5-12)21(18,19)14-8-2-1-3-9-14/h4-7,15H,1-3,8-11H2. The van der Waals surface area contributed by atoms with Crippen LogP contribution in [-0.4, -0.2) is 51.7 Å². The molecule has 1 aliphatic heterocycles. The summed E-state index contributed by atoms with van der Waals surface area (Å²) in [6.45, 7) is 0.552. The molecular weight excluding hydrogens is 314 g/mol. The summed E-state index contributed by atoms with van der Waals surface area (Å²) in [7, 11) is -7.10. The first kappa shape index (κ1) is 16.4. The van der Waals surface area contributed by atoms with E-state index < -0.39 is 26.5 Å². The van der Waals surface area contributed by atoms with Gasteiger partial charge in [-0.2, -0.15) is 4.31 Å². The topological polar surface area (TPSA) is 91.7 Å². The Balaban J connectivity index is 2.26. The van der Waals surface area contributed by atoms with Gasteiger partial charge in [-0.25, -0.2) is 16.8 Å². The molecule has 2 rings (SSSR count). The van der Waals surface area contributed by atoms with Crippen LogP contribution in [0.3, 0.4) is 0 Å². The maximum absolute atomic E-state index is 12.4. The van der Waals surface area contributed by atoms with Gasteiger partial charge in [-0.05, 0) is 37.1 Å².